The van der Waals surface area contributed by atoms with Crippen LogP contribution < -0.4 is 0 Å². The number of aliphatic imine (C=N–C) groups is 1. The van der Waals surface area contributed by atoms with Gasteiger partial charge in [-0.15, -0.1) is 0 Å². The maximum Gasteiger partial charge on any atom is 0.317 e. The van der Waals surface area contributed by atoms with Crippen LogP contribution >= 0.6 is 0 Å². The summed E-state index contributed by atoms with van der Waals surface area (Å²) < 4.78 is 0. The lowest BCUT2D eigenvalue weighted by molar-refractivity contribution is -0.138. The van der Waals surface area contributed by atoms with Gasteiger partial charge in [0.1, 0.15) is 5.84 Å². The topological polar surface area (TPSA) is 56.1 Å². The standard InChI is InChI=1S/C14H23N3O2/c1-9(2)14-10(3)15-11(4)17-6-5-16(7-12(14)17)8-13(18)19/h9-10H,5-8H2,1-4H3,(H,18,19). The monoisotopic (exact) mass is 265 g/mol. The minimum atomic E-state index is -0.755. The molecule has 0 saturated carbocycles. The van der Waals surface area contributed by atoms with Gasteiger partial charge in [-0.05, 0) is 25.3 Å². The van der Waals surface area contributed by atoms with Crippen LogP contribution in [-0.2, 0) is 4.79 Å². The third kappa shape index (κ3) is 2.81. The molecule has 0 bridgehead atoms. The van der Waals surface area contributed by atoms with E-state index in [0.717, 1.165) is 25.5 Å². The summed E-state index contributed by atoms with van der Waals surface area (Å²) >= 11 is 0. The number of rotatable bonds is 3. The van der Waals surface area contributed by atoms with E-state index in [1.54, 1.807) is 0 Å². The van der Waals surface area contributed by atoms with Gasteiger partial charge in [-0.3, -0.25) is 14.7 Å². The van der Waals surface area contributed by atoms with E-state index in [-0.39, 0.29) is 12.6 Å². The summed E-state index contributed by atoms with van der Waals surface area (Å²) in [6.07, 6.45) is 0. The average Bonchev–Trinajstić information content (AvgIpc) is 2.26. The molecule has 5 heteroatoms. The maximum atomic E-state index is 10.9. The molecule has 5 nitrogen and oxygen atoms in total. The van der Waals surface area contributed by atoms with E-state index in [0.29, 0.717) is 5.92 Å². The van der Waals surface area contributed by atoms with Crippen LogP contribution in [0.25, 0.3) is 0 Å². The van der Waals surface area contributed by atoms with Crippen molar-refractivity contribution in [3.05, 3.63) is 11.3 Å². The van der Waals surface area contributed by atoms with E-state index >= 15 is 0 Å². The minimum Gasteiger partial charge on any atom is -0.480 e. The lowest BCUT2D eigenvalue weighted by Gasteiger charge is -2.43. The lowest BCUT2D eigenvalue weighted by atomic mass is 9.91. The Morgan fingerprint density at radius 2 is 2.16 bits per heavy atom. The number of carbonyl (C=O) groups is 1. The summed E-state index contributed by atoms with van der Waals surface area (Å²) in [5, 5.41) is 8.95. The molecule has 0 aromatic carbocycles. The Balaban J connectivity index is 2.28. The van der Waals surface area contributed by atoms with Crippen molar-refractivity contribution in [2.75, 3.05) is 26.2 Å². The third-order valence-electron chi connectivity index (χ3n) is 3.87. The summed E-state index contributed by atoms with van der Waals surface area (Å²) in [6.45, 7) is 11.0. The number of piperazine rings is 1. The molecule has 0 aromatic rings. The first-order chi connectivity index (χ1) is 8.90. The largest absolute Gasteiger partial charge is 0.480 e. The Morgan fingerprint density at radius 3 is 2.74 bits per heavy atom. The summed E-state index contributed by atoms with van der Waals surface area (Å²) in [6, 6.07) is 0.205. The highest BCUT2D eigenvalue weighted by atomic mass is 16.4. The van der Waals surface area contributed by atoms with Crippen molar-refractivity contribution < 1.29 is 9.90 Å². The SMILES string of the molecule is CC1=NC(C)C(C(C)C)=C2CN(CC(=O)O)CCN12. The summed E-state index contributed by atoms with van der Waals surface area (Å²) in [4.78, 5) is 19.8. The molecule has 1 saturated heterocycles. The molecule has 0 radical (unpaired) electrons. The zero-order valence-electron chi connectivity index (χ0n) is 12.2. The molecule has 2 aliphatic rings. The van der Waals surface area contributed by atoms with Crippen molar-refractivity contribution in [2.24, 2.45) is 10.9 Å². The normalized spacial score (nSPS) is 24.6. The number of carboxylic acids is 1. The maximum absolute atomic E-state index is 10.9. The second kappa shape index (κ2) is 5.33. The summed E-state index contributed by atoms with van der Waals surface area (Å²) in [7, 11) is 0. The highest BCUT2D eigenvalue weighted by Gasteiger charge is 2.32. The predicted molar refractivity (Wildman–Crippen MR) is 75.2 cm³/mol. The molecule has 2 rings (SSSR count). The smallest absolute Gasteiger partial charge is 0.317 e. The number of hydrogen-bond donors (Lipinski definition) is 1. The molecule has 0 spiro atoms. The van der Waals surface area contributed by atoms with Crippen molar-refractivity contribution in [3.8, 4) is 0 Å². The molecular weight excluding hydrogens is 242 g/mol. The number of amidine groups is 1. The van der Waals surface area contributed by atoms with Crippen LogP contribution in [0, 0.1) is 5.92 Å². The van der Waals surface area contributed by atoms with Gasteiger partial charge >= 0.3 is 5.97 Å². The predicted octanol–water partition coefficient (Wildman–Crippen LogP) is 1.42. The number of hydrogen-bond acceptors (Lipinski definition) is 4. The number of aliphatic carboxylic acids is 1. The van der Waals surface area contributed by atoms with Crippen LogP contribution in [0.1, 0.15) is 27.7 Å². The molecule has 1 unspecified atom stereocenters. The lowest BCUT2D eigenvalue weighted by Crippen LogP contribution is -2.50. The first-order valence-corrected chi connectivity index (χ1v) is 6.89. The highest BCUT2D eigenvalue weighted by Crippen LogP contribution is 2.30. The Morgan fingerprint density at radius 1 is 1.47 bits per heavy atom. The number of carboxylic acid groups (broad SMARTS) is 1. The van der Waals surface area contributed by atoms with Gasteiger partial charge in [0.25, 0.3) is 0 Å². The van der Waals surface area contributed by atoms with E-state index < -0.39 is 5.97 Å². The number of fused-ring (bicyclic) bond motifs is 1. The van der Waals surface area contributed by atoms with Gasteiger partial charge in [0.15, 0.2) is 0 Å². The number of nitrogens with zero attached hydrogens (tertiary/aromatic N) is 3. The molecule has 0 aromatic heterocycles. The fourth-order valence-electron chi connectivity index (χ4n) is 3.16. The Labute approximate surface area is 114 Å². The van der Waals surface area contributed by atoms with Gasteiger partial charge in [0.05, 0.1) is 12.6 Å². The van der Waals surface area contributed by atoms with Crippen LogP contribution in [0.4, 0.5) is 0 Å². The van der Waals surface area contributed by atoms with E-state index in [2.05, 4.69) is 25.7 Å². The second-order valence-electron chi connectivity index (χ2n) is 5.67. The van der Waals surface area contributed by atoms with Gasteiger partial charge in [-0.1, -0.05) is 13.8 Å². The molecule has 2 aliphatic heterocycles. The summed E-state index contributed by atoms with van der Waals surface area (Å²) in [5.74, 6) is 0.741. The Kier molecular flexibility index (Phi) is 3.94. The van der Waals surface area contributed by atoms with Gasteiger partial charge in [-0.2, -0.15) is 0 Å². The van der Waals surface area contributed by atoms with Gasteiger partial charge in [0.2, 0.25) is 0 Å². The molecule has 19 heavy (non-hydrogen) atoms. The van der Waals surface area contributed by atoms with Crippen LogP contribution in [0.3, 0.4) is 0 Å². The van der Waals surface area contributed by atoms with Crippen LogP contribution in [-0.4, -0.2) is 58.9 Å². The van der Waals surface area contributed by atoms with Crippen LogP contribution in [0.15, 0.2) is 16.3 Å². The molecule has 2 heterocycles. The van der Waals surface area contributed by atoms with Crippen molar-refractivity contribution >= 4 is 11.8 Å². The molecule has 106 valence electrons. The second-order valence-corrected chi connectivity index (χ2v) is 5.67. The third-order valence-corrected chi connectivity index (χ3v) is 3.87. The van der Waals surface area contributed by atoms with Gasteiger partial charge < -0.3 is 10.0 Å². The average molecular weight is 265 g/mol. The Bertz CT molecular complexity index is 440. The molecular formula is C14H23N3O2. The molecule has 0 aliphatic carbocycles. The Hall–Kier alpha value is -1.36. The van der Waals surface area contributed by atoms with E-state index in [4.69, 9.17) is 10.1 Å². The fourth-order valence-corrected chi connectivity index (χ4v) is 3.16. The fraction of sp³-hybridized carbons (Fsp3) is 0.714. The highest BCUT2D eigenvalue weighted by molar-refractivity contribution is 5.83. The molecule has 1 N–H and O–H groups in total. The van der Waals surface area contributed by atoms with Crippen molar-refractivity contribution in [3.63, 3.8) is 0 Å². The first kappa shape index (κ1) is 14.1. The van der Waals surface area contributed by atoms with E-state index in [1.807, 2.05) is 11.8 Å². The molecule has 0 amide bonds. The van der Waals surface area contributed by atoms with Gasteiger partial charge in [-0.25, -0.2) is 0 Å². The zero-order chi connectivity index (χ0) is 14.2. The van der Waals surface area contributed by atoms with Crippen LogP contribution in [0.2, 0.25) is 0 Å². The molecule has 1 atom stereocenters. The minimum absolute atomic E-state index is 0.118. The van der Waals surface area contributed by atoms with Crippen molar-refractivity contribution in [1.29, 1.82) is 0 Å². The van der Waals surface area contributed by atoms with E-state index in [9.17, 15) is 4.79 Å². The van der Waals surface area contributed by atoms with E-state index in [1.165, 1.54) is 11.3 Å². The van der Waals surface area contributed by atoms with Crippen molar-refractivity contribution in [2.45, 2.75) is 33.7 Å². The zero-order valence-corrected chi connectivity index (χ0v) is 12.2. The quantitative estimate of drug-likeness (QED) is 0.838. The van der Waals surface area contributed by atoms with Crippen LogP contribution in [0.5, 0.6) is 0 Å². The van der Waals surface area contributed by atoms with Crippen molar-refractivity contribution in [1.82, 2.24) is 9.80 Å². The molecule has 1 fully saturated rings. The van der Waals surface area contributed by atoms with Gasteiger partial charge in [0, 0.05) is 25.3 Å². The summed E-state index contributed by atoms with van der Waals surface area (Å²) in [5.41, 5.74) is 2.61. The first-order valence-electron chi connectivity index (χ1n) is 6.89.